The molecule has 1 aromatic rings. The number of hydrogen-bond donors (Lipinski definition) is 3. The lowest BCUT2D eigenvalue weighted by Crippen LogP contribution is -2.44. The van der Waals surface area contributed by atoms with E-state index in [9.17, 15) is 14.3 Å². The van der Waals surface area contributed by atoms with E-state index in [1.165, 1.54) is 18.2 Å². The Kier molecular flexibility index (Phi) is 3.83. The second-order valence-electron chi connectivity index (χ2n) is 4.65. The maximum atomic E-state index is 13.7. The Balaban J connectivity index is 2.60. The van der Waals surface area contributed by atoms with Crippen LogP contribution in [0.5, 0.6) is 0 Å². The summed E-state index contributed by atoms with van der Waals surface area (Å²) < 4.78 is 13.7. The van der Waals surface area contributed by atoms with Crippen LogP contribution in [0.2, 0.25) is 0 Å². The van der Waals surface area contributed by atoms with Crippen LogP contribution < -0.4 is 11.5 Å². The van der Waals surface area contributed by atoms with Gasteiger partial charge in [0.15, 0.2) is 0 Å². The SMILES string of the molecule is NCC1(c2cccc(C(N)=O)c2)C=C(F)C=C(O)C1Cl. The first-order chi connectivity index (χ1) is 9.40. The summed E-state index contributed by atoms with van der Waals surface area (Å²) in [6.07, 6.45) is 2.20. The summed E-state index contributed by atoms with van der Waals surface area (Å²) in [5, 5.41) is 8.83. The molecule has 0 aliphatic heterocycles. The molecule has 5 N–H and O–H groups in total. The van der Waals surface area contributed by atoms with Gasteiger partial charge in [-0.05, 0) is 23.8 Å². The van der Waals surface area contributed by atoms with E-state index in [0.717, 1.165) is 6.08 Å². The highest BCUT2D eigenvalue weighted by Crippen LogP contribution is 2.40. The summed E-state index contributed by atoms with van der Waals surface area (Å²) in [5.74, 6) is -1.54. The molecule has 0 saturated carbocycles. The van der Waals surface area contributed by atoms with Gasteiger partial charge >= 0.3 is 0 Å². The van der Waals surface area contributed by atoms with Gasteiger partial charge in [0.25, 0.3) is 0 Å². The van der Waals surface area contributed by atoms with Gasteiger partial charge in [-0.1, -0.05) is 12.1 Å². The highest BCUT2D eigenvalue weighted by atomic mass is 35.5. The summed E-state index contributed by atoms with van der Waals surface area (Å²) in [5.41, 5.74) is 10.6. The third-order valence-corrected chi connectivity index (χ3v) is 4.03. The number of halogens is 2. The zero-order chi connectivity index (χ0) is 14.9. The van der Waals surface area contributed by atoms with E-state index >= 15 is 0 Å². The molecule has 1 aliphatic rings. The van der Waals surface area contributed by atoms with Crippen molar-refractivity contribution in [1.29, 1.82) is 0 Å². The quantitative estimate of drug-likeness (QED) is 0.744. The Morgan fingerprint density at radius 2 is 2.20 bits per heavy atom. The maximum absolute atomic E-state index is 13.7. The topological polar surface area (TPSA) is 89.3 Å². The summed E-state index contributed by atoms with van der Waals surface area (Å²) in [6, 6.07) is 6.32. The summed E-state index contributed by atoms with van der Waals surface area (Å²) in [6.45, 7) is -0.0330. The zero-order valence-electron chi connectivity index (χ0n) is 10.5. The van der Waals surface area contributed by atoms with E-state index in [-0.39, 0.29) is 17.9 Å². The van der Waals surface area contributed by atoms with Crippen LogP contribution in [-0.4, -0.2) is 22.9 Å². The fourth-order valence-electron chi connectivity index (χ4n) is 2.31. The lowest BCUT2D eigenvalue weighted by molar-refractivity contribution is 0.1000. The van der Waals surface area contributed by atoms with Crippen LogP contribution >= 0.6 is 11.6 Å². The molecule has 2 rings (SSSR count). The van der Waals surface area contributed by atoms with Gasteiger partial charge in [0.2, 0.25) is 5.91 Å². The first kappa shape index (κ1) is 14.6. The van der Waals surface area contributed by atoms with Crippen LogP contribution in [0.15, 0.2) is 48.0 Å². The molecule has 0 saturated heterocycles. The van der Waals surface area contributed by atoms with Crippen LogP contribution in [0.1, 0.15) is 15.9 Å². The average molecular weight is 297 g/mol. The van der Waals surface area contributed by atoms with Crippen molar-refractivity contribution in [2.45, 2.75) is 10.8 Å². The number of aliphatic hydroxyl groups is 1. The monoisotopic (exact) mass is 296 g/mol. The molecule has 6 heteroatoms. The van der Waals surface area contributed by atoms with Gasteiger partial charge in [-0.2, -0.15) is 0 Å². The van der Waals surface area contributed by atoms with Crippen molar-refractivity contribution in [2.24, 2.45) is 11.5 Å². The fourth-order valence-corrected chi connectivity index (χ4v) is 2.65. The van der Waals surface area contributed by atoms with E-state index in [0.29, 0.717) is 5.56 Å². The molecule has 1 aromatic carbocycles. The van der Waals surface area contributed by atoms with Gasteiger partial charge in [-0.3, -0.25) is 4.79 Å². The molecule has 0 radical (unpaired) electrons. The van der Waals surface area contributed by atoms with Gasteiger partial charge in [-0.15, -0.1) is 11.6 Å². The second kappa shape index (κ2) is 5.26. The lowest BCUT2D eigenvalue weighted by Gasteiger charge is -2.36. The third kappa shape index (κ3) is 2.30. The molecule has 4 nitrogen and oxygen atoms in total. The number of primary amides is 1. The number of carbonyl (C=O) groups excluding carboxylic acids is 1. The van der Waals surface area contributed by atoms with Crippen molar-refractivity contribution in [3.63, 3.8) is 0 Å². The maximum Gasteiger partial charge on any atom is 0.248 e. The predicted octanol–water partition coefficient (Wildman–Crippen LogP) is 1.90. The molecular weight excluding hydrogens is 283 g/mol. The summed E-state index contributed by atoms with van der Waals surface area (Å²) in [4.78, 5) is 11.2. The van der Waals surface area contributed by atoms with Crippen LogP contribution in [0.25, 0.3) is 0 Å². The number of alkyl halides is 1. The van der Waals surface area contributed by atoms with Crippen LogP contribution in [0.3, 0.4) is 0 Å². The van der Waals surface area contributed by atoms with Crippen molar-refractivity contribution in [3.8, 4) is 0 Å². The molecule has 0 heterocycles. The molecule has 0 spiro atoms. The van der Waals surface area contributed by atoms with E-state index in [2.05, 4.69) is 0 Å². The van der Waals surface area contributed by atoms with Gasteiger partial charge in [-0.25, -0.2) is 4.39 Å². The van der Waals surface area contributed by atoms with Crippen LogP contribution in [0.4, 0.5) is 4.39 Å². The number of nitrogens with two attached hydrogens (primary N) is 2. The molecule has 0 bridgehead atoms. The van der Waals surface area contributed by atoms with Gasteiger partial charge in [0.05, 0.1) is 5.41 Å². The minimum absolute atomic E-state index is 0.0330. The third-order valence-electron chi connectivity index (χ3n) is 3.42. The summed E-state index contributed by atoms with van der Waals surface area (Å²) in [7, 11) is 0. The number of aliphatic hydroxyl groups excluding tert-OH is 1. The molecule has 0 fully saturated rings. The number of allylic oxidation sites excluding steroid dienone is 3. The molecule has 20 heavy (non-hydrogen) atoms. The Hall–Kier alpha value is -1.85. The minimum Gasteiger partial charge on any atom is -0.511 e. The first-order valence-electron chi connectivity index (χ1n) is 5.94. The normalized spacial score (nSPS) is 25.9. The van der Waals surface area contributed by atoms with Crippen molar-refractivity contribution in [2.75, 3.05) is 6.54 Å². The smallest absolute Gasteiger partial charge is 0.248 e. The second-order valence-corrected chi connectivity index (χ2v) is 5.09. The van der Waals surface area contributed by atoms with E-state index in [1.54, 1.807) is 12.1 Å². The molecule has 1 aliphatic carbocycles. The number of benzene rings is 1. The van der Waals surface area contributed by atoms with Crippen LogP contribution in [0, 0.1) is 0 Å². The average Bonchev–Trinajstić information content (AvgIpc) is 2.43. The first-order valence-corrected chi connectivity index (χ1v) is 6.38. The summed E-state index contributed by atoms with van der Waals surface area (Å²) >= 11 is 6.20. The number of rotatable bonds is 3. The van der Waals surface area contributed by atoms with E-state index in [4.69, 9.17) is 23.1 Å². The van der Waals surface area contributed by atoms with E-state index in [1.807, 2.05) is 0 Å². The Labute approximate surface area is 120 Å². The number of amides is 1. The molecule has 0 aromatic heterocycles. The zero-order valence-corrected chi connectivity index (χ0v) is 11.3. The molecular formula is C14H14ClFN2O2. The Morgan fingerprint density at radius 1 is 1.50 bits per heavy atom. The molecule has 1 amide bonds. The van der Waals surface area contributed by atoms with Crippen LogP contribution in [-0.2, 0) is 5.41 Å². The van der Waals surface area contributed by atoms with Gasteiger partial charge in [0, 0.05) is 18.2 Å². The minimum atomic E-state index is -1.13. The molecule has 106 valence electrons. The Morgan fingerprint density at radius 3 is 2.80 bits per heavy atom. The standard InChI is InChI=1S/C14H14ClFN2O2/c15-12-11(19)5-10(16)6-14(12,7-17)9-3-1-2-8(4-9)13(18)20/h1-6,12,19H,7,17H2,(H2,18,20). The van der Waals surface area contributed by atoms with Gasteiger partial charge < -0.3 is 16.6 Å². The fraction of sp³-hybridized carbons (Fsp3) is 0.214. The highest BCUT2D eigenvalue weighted by Gasteiger charge is 2.42. The van der Waals surface area contributed by atoms with Crippen molar-refractivity contribution in [1.82, 2.24) is 0 Å². The van der Waals surface area contributed by atoms with Crippen molar-refractivity contribution < 1.29 is 14.3 Å². The molecule has 2 atom stereocenters. The number of carbonyl (C=O) groups is 1. The molecule has 2 unspecified atom stereocenters. The largest absolute Gasteiger partial charge is 0.511 e. The predicted molar refractivity (Wildman–Crippen MR) is 75.2 cm³/mol. The van der Waals surface area contributed by atoms with Gasteiger partial charge in [0.1, 0.15) is 17.0 Å². The van der Waals surface area contributed by atoms with Crippen molar-refractivity contribution >= 4 is 17.5 Å². The van der Waals surface area contributed by atoms with Crippen molar-refractivity contribution in [3.05, 3.63) is 59.1 Å². The number of hydrogen-bond acceptors (Lipinski definition) is 3. The van der Waals surface area contributed by atoms with E-state index < -0.39 is 22.5 Å². The Bertz CT molecular complexity index is 615. The highest BCUT2D eigenvalue weighted by molar-refractivity contribution is 6.23. The lowest BCUT2D eigenvalue weighted by atomic mass is 9.74.